The molecule has 0 amide bonds. The predicted octanol–water partition coefficient (Wildman–Crippen LogP) is 11.5. The third-order valence-corrected chi connectivity index (χ3v) is 8.65. The van der Waals surface area contributed by atoms with Crippen LogP contribution in [0.25, 0.3) is 0 Å². The van der Waals surface area contributed by atoms with Crippen molar-refractivity contribution < 1.29 is 0 Å². The van der Waals surface area contributed by atoms with Crippen LogP contribution in [0.3, 0.4) is 0 Å². The highest BCUT2D eigenvalue weighted by atomic mass is 14.4. The van der Waals surface area contributed by atoms with E-state index in [9.17, 15) is 0 Å². The Morgan fingerprint density at radius 3 is 1.90 bits per heavy atom. The van der Waals surface area contributed by atoms with Crippen LogP contribution in [-0.2, 0) is 18.3 Å². The second-order valence-corrected chi connectivity index (χ2v) is 14.1. The van der Waals surface area contributed by atoms with Crippen LogP contribution in [0.2, 0.25) is 0 Å². The van der Waals surface area contributed by atoms with Gasteiger partial charge in [0, 0.05) is 5.41 Å². The Hall–Kier alpha value is -2.60. The molecule has 212 valence electrons. The van der Waals surface area contributed by atoms with Gasteiger partial charge in [-0.3, -0.25) is 0 Å². The summed E-state index contributed by atoms with van der Waals surface area (Å²) in [5, 5.41) is 0. The van der Waals surface area contributed by atoms with Crippen LogP contribution in [0, 0.1) is 30.6 Å². The minimum Gasteiger partial charge on any atom is -0.0998 e. The molecule has 0 heterocycles. The van der Waals surface area contributed by atoms with Crippen LogP contribution in [0.4, 0.5) is 0 Å². The van der Waals surface area contributed by atoms with Gasteiger partial charge in [-0.25, -0.2) is 0 Å². The van der Waals surface area contributed by atoms with Crippen molar-refractivity contribution >= 4 is 0 Å². The third-order valence-electron chi connectivity index (χ3n) is 8.65. The van der Waals surface area contributed by atoms with Gasteiger partial charge in [-0.2, -0.15) is 0 Å². The summed E-state index contributed by atoms with van der Waals surface area (Å²) in [4.78, 5) is 0. The number of hydrogen-bond donors (Lipinski definition) is 0. The number of rotatable bonds is 11. The second kappa shape index (κ2) is 13.2. The minimum atomic E-state index is -0.174. The minimum absolute atomic E-state index is 0. The average molecular weight is 525 g/mol. The van der Waals surface area contributed by atoms with Gasteiger partial charge >= 0.3 is 0 Å². The fraction of sp³-hybridized carbons (Fsp3) is 0.487. The van der Waals surface area contributed by atoms with Crippen molar-refractivity contribution in [2.45, 2.75) is 107 Å². The van der Waals surface area contributed by atoms with Crippen molar-refractivity contribution in [1.82, 2.24) is 0 Å². The first-order valence-electron chi connectivity index (χ1n) is 14.6. The van der Waals surface area contributed by atoms with Crippen LogP contribution in [0.1, 0.15) is 109 Å². The molecule has 0 nitrogen and oxygen atoms in total. The summed E-state index contributed by atoms with van der Waals surface area (Å²) in [6.45, 7) is 25.7. The summed E-state index contributed by atoms with van der Waals surface area (Å²) < 4.78 is 0. The van der Waals surface area contributed by atoms with Gasteiger partial charge < -0.3 is 0 Å². The second-order valence-electron chi connectivity index (χ2n) is 14.1. The number of hydrogen-bond acceptors (Lipinski definition) is 0. The van der Waals surface area contributed by atoms with E-state index < -0.39 is 0 Å². The lowest BCUT2D eigenvalue weighted by Gasteiger charge is -2.38. The predicted molar refractivity (Wildman–Crippen MR) is 175 cm³/mol. The van der Waals surface area contributed by atoms with E-state index in [1.165, 1.54) is 39.0 Å². The van der Waals surface area contributed by atoms with Crippen molar-refractivity contribution in [3.63, 3.8) is 0 Å². The third kappa shape index (κ3) is 8.96. The van der Waals surface area contributed by atoms with Gasteiger partial charge in [0.05, 0.1) is 0 Å². The van der Waals surface area contributed by atoms with Crippen molar-refractivity contribution in [1.29, 1.82) is 0 Å². The smallest absolute Gasteiger partial charge is 0.0280 e. The molecule has 0 aliphatic rings. The Bertz CT molecular complexity index is 1190. The zero-order valence-electron chi connectivity index (χ0n) is 25.7. The molecule has 0 saturated carbocycles. The SMILES string of the molecule is C.C=C(CCC(C)(C)C)CC(Cc1ccccc1)(c1ccc(C)cc1)c1cc(C)cc(CC(C)(C)C(C)C)c1. The summed E-state index contributed by atoms with van der Waals surface area (Å²) >= 11 is 0. The Labute approximate surface area is 242 Å². The first-order chi connectivity index (χ1) is 17.7. The van der Waals surface area contributed by atoms with E-state index in [4.69, 9.17) is 0 Å². The fourth-order valence-electron chi connectivity index (χ4n) is 5.49. The molecule has 0 radical (unpaired) electrons. The Balaban J connectivity index is 0.00000533. The zero-order chi connectivity index (χ0) is 28.1. The van der Waals surface area contributed by atoms with Gasteiger partial charge in [0.15, 0.2) is 0 Å². The zero-order valence-corrected chi connectivity index (χ0v) is 25.7. The molecule has 0 spiro atoms. The molecule has 0 fully saturated rings. The average Bonchev–Trinajstić information content (AvgIpc) is 2.82. The van der Waals surface area contributed by atoms with Gasteiger partial charge in [-0.05, 0) is 85.0 Å². The maximum absolute atomic E-state index is 4.68. The highest BCUT2D eigenvalue weighted by Crippen LogP contribution is 2.44. The quantitative estimate of drug-likeness (QED) is 0.219. The standard InChI is InChI=1S/C38H52.CH4/c1-28(2)37(9,10)26-33-22-31(5)23-35(24-33)38(27-32-14-12-11-13-15-32,34-18-16-29(3)17-19-34)25-30(4)20-21-36(6,7)8;/h11-19,22-24,28H,4,20-21,25-27H2,1-3,5-10H3;1H4. The topological polar surface area (TPSA) is 0 Å². The van der Waals surface area contributed by atoms with Gasteiger partial charge in [0.2, 0.25) is 0 Å². The lowest BCUT2D eigenvalue weighted by Crippen LogP contribution is -2.32. The first kappa shape index (κ1) is 32.6. The van der Waals surface area contributed by atoms with Crippen molar-refractivity contribution in [2.75, 3.05) is 0 Å². The number of benzene rings is 3. The highest BCUT2D eigenvalue weighted by molar-refractivity contribution is 5.47. The Kier molecular flexibility index (Phi) is 11.0. The maximum Gasteiger partial charge on any atom is 0.0280 e. The van der Waals surface area contributed by atoms with Crippen LogP contribution < -0.4 is 0 Å². The lowest BCUT2D eigenvalue weighted by atomic mass is 9.65. The number of aryl methyl sites for hydroxylation is 2. The molecule has 3 aromatic rings. The van der Waals surface area contributed by atoms with Crippen molar-refractivity contribution in [3.8, 4) is 0 Å². The fourth-order valence-corrected chi connectivity index (χ4v) is 5.49. The molecule has 0 aliphatic heterocycles. The summed E-state index contributed by atoms with van der Waals surface area (Å²) in [6, 6.07) is 27.7. The normalized spacial score (nSPS) is 13.6. The molecule has 1 atom stereocenters. The Morgan fingerprint density at radius 1 is 0.718 bits per heavy atom. The van der Waals surface area contributed by atoms with E-state index in [0.29, 0.717) is 11.3 Å². The maximum atomic E-state index is 4.68. The summed E-state index contributed by atoms with van der Waals surface area (Å²) in [5.74, 6) is 0.620. The van der Waals surface area contributed by atoms with Crippen LogP contribution in [0.15, 0.2) is 84.9 Å². The summed E-state index contributed by atoms with van der Waals surface area (Å²) in [5.41, 5.74) is 10.0. The molecule has 1 unspecified atom stereocenters. The largest absolute Gasteiger partial charge is 0.0998 e. The molecule has 3 rings (SSSR count). The molecule has 0 N–H and O–H groups in total. The molecule has 3 aromatic carbocycles. The van der Waals surface area contributed by atoms with Crippen LogP contribution in [-0.4, -0.2) is 0 Å². The van der Waals surface area contributed by atoms with E-state index >= 15 is 0 Å². The van der Waals surface area contributed by atoms with Crippen LogP contribution >= 0.6 is 0 Å². The molecule has 0 heteroatoms. The van der Waals surface area contributed by atoms with E-state index in [1.807, 2.05) is 0 Å². The molecule has 0 aromatic heterocycles. The Morgan fingerprint density at radius 2 is 1.33 bits per heavy atom. The van der Waals surface area contributed by atoms with E-state index in [2.05, 4.69) is 142 Å². The molecular weight excluding hydrogens is 468 g/mol. The first-order valence-corrected chi connectivity index (χ1v) is 14.6. The molecule has 0 saturated heterocycles. The van der Waals surface area contributed by atoms with E-state index in [-0.39, 0.29) is 18.3 Å². The highest BCUT2D eigenvalue weighted by Gasteiger charge is 2.36. The van der Waals surface area contributed by atoms with E-state index in [0.717, 1.165) is 32.1 Å². The van der Waals surface area contributed by atoms with Crippen molar-refractivity contribution in [3.05, 3.63) is 118 Å². The van der Waals surface area contributed by atoms with E-state index in [1.54, 1.807) is 0 Å². The molecule has 0 bridgehead atoms. The van der Waals surface area contributed by atoms with Gasteiger partial charge in [0.1, 0.15) is 0 Å². The van der Waals surface area contributed by atoms with Gasteiger partial charge in [0.25, 0.3) is 0 Å². The van der Waals surface area contributed by atoms with Crippen LogP contribution in [0.5, 0.6) is 0 Å². The van der Waals surface area contributed by atoms with Gasteiger partial charge in [-0.1, -0.05) is 152 Å². The van der Waals surface area contributed by atoms with Crippen molar-refractivity contribution in [2.24, 2.45) is 16.7 Å². The van der Waals surface area contributed by atoms with Gasteiger partial charge in [-0.15, -0.1) is 0 Å². The monoisotopic (exact) mass is 524 g/mol. The molecular formula is C39H56. The summed E-state index contributed by atoms with van der Waals surface area (Å²) in [6.07, 6.45) is 5.22. The number of allylic oxidation sites excluding steroid dienone is 1. The lowest BCUT2D eigenvalue weighted by molar-refractivity contribution is 0.248. The molecule has 0 aliphatic carbocycles. The summed E-state index contributed by atoms with van der Waals surface area (Å²) in [7, 11) is 0. The molecule has 39 heavy (non-hydrogen) atoms.